The second-order valence-corrected chi connectivity index (χ2v) is 4.26. The van der Waals surface area contributed by atoms with Gasteiger partial charge in [-0.15, -0.1) is 0 Å². The van der Waals surface area contributed by atoms with E-state index < -0.39 is 0 Å². The second kappa shape index (κ2) is 3.88. The van der Waals surface area contributed by atoms with Crippen LogP contribution in [0.25, 0.3) is 0 Å². The summed E-state index contributed by atoms with van der Waals surface area (Å²) in [6.07, 6.45) is 2.18. The zero-order valence-electron chi connectivity index (χ0n) is 6.26. The normalized spacial score (nSPS) is 36.3. The van der Waals surface area contributed by atoms with Gasteiger partial charge in [0.05, 0.1) is 6.10 Å². The largest absolute Gasteiger partial charge is 0.391 e. The fourth-order valence-corrected chi connectivity index (χ4v) is 2.10. The van der Waals surface area contributed by atoms with Crippen molar-refractivity contribution in [2.75, 3.05) is 13.1 Å². The molecule has 1 rings (SSSR count). The molecule has 2 atom stereocenters. The fraction of sp³-hybridized carbons (Fsp3) is 1.00. The van der Waals surface area contributed by atoms with Gasteiger partial charge in [-0.2, -0.15) is 0 Å². The molecule has 1 saturated heterocycles. The van der Waals surface area contributed by atoms with Crippen LogP contribution in [0.1, 0.15) is 19.8 Å². The van der Waals surface area contributed by atoms with Crippen LogP contribution in [0.2, 0.25) is 0 Å². The van der Waals surface area contributed by atoms with E-state index in [9.17, 15) is 5.11 Å². The van der Waals surface area contributed by atoms with Crippen LogP contribution in [0.5, 0.6) is 0 Å². The molecule has 0 saturated carbocycles. The monoisotopic (exact) mass is 255 g/mol. The Morgan fingerprint density at radius 3 is 2.90 bits per heavy atom. The topological polar surface area (TPSA) is 23.5 Å². The van der Waals surface area contributed by atoms with Crippen LogP contribution in [0.4, 0.5) is 0 Å². The number of piperidine rings is 1. The lowest BCUT2D eigenvalue weighted by atomic mass is 9.93. The Labute approximate surface area is 76.1 Å². The summed E-state index contributed by atoms with van der Waals surface area (Å²) in [5.41, 5.74) is 0. The van der Waals surface area contributed by atoms with Crippen molar-refractivity contribution in [1.29, 1.82) is 0 Å². The van der Waals surface area contributed by atoms with Crippen molar-refractivity contribution in [3.63, 3.8) is 0 Å². The van der Waals surface area contributed by atoms with Crippen LogP contribution in [-0.4, -0.2) is 27.4 Å². The van der Waals surface area contributed by atoms with Crippen molar-refractivity contribution < 1.29 is 5.11 Å². The Morgan fingerprint density at radius 2 is 2.40 bits per heavy atom. The van der Waals surface area contributed by atoms with Gasteiger partial charge in [-0.25, -0.2) is 3.11 Å². The average Bonchev–Trinajstić information content (AvgIpc) is 1.88. The van der Waals surface area contributed by atoms with Gasteiger partial charge in [-0.3, -0.25) is 0 Å². The number of hydrogen-bond acceptors (Lipinski definition) is 2. The van der Waals surface area contributed by atoms with Crippen molar-refractivity contribution >= 4 is 22.9 Å². The molecule has 0 aromatic carbocycles. The lowest BCUT2D eigenvalue weighted by Crippen LogP contribution is -2.38. The fourth-order valence-electron chi connectivity index (χ4n) is 1.42. The summed E-state index contributed by atoms with van der Waals surface area (Å²) in [4.78, 5) is 0. The summed E-state index contributed by atoms with van der Waals surface area (Å²) in [6.45, 7) is 4.13. The molecule has 3 heteroatoms. The maximum atomic E-state index is 9.49. The molecule has 1 fully saturated rings. The number of hydrogen-bond donors (Lipinski definition) is 1. The third kappa shape index (κ3) is 2.07. The number of aliphatic hydroxyl groups excluding tert-OH is 1. The molecule has 0 aliphatic carbocycles. The highest BCUT2D eigenvalue weighted by molar-refractivity contribution is 14.1. The van der Waals surface area contributed by atoms with E-state index in [1.807, 2.05) is 0 Å². The Bertz CT molecular complexity index is 110. The van der Waals surface area contributed by atoms with Gasteiger partial charge in [-0.05, 0) is 12.3 Å². The predicted octanol–water partition coefficient (Wildman–Crippen LogP) is 1.43. The first-order valence-electron chi connectivity index (χ1n) is 3.82. The molecule has 2 unspecified atom stereocenters. The molecule has 0 bridgehead atoms. The minimum atomic E-state index is -0.0874. The van der Waals surface area contributed by atoms with Crippen LogP contribution in [0.3, 0.4) is 0 Å². The van der Waals surface area contributed by atoms with Crippen LogP contribution in [0.15, 0.2) is 0 Å². The van der Waals surface area contributed by atoms with Gasteiger partial charge in [0.1, 0.15) is 0 Å². The van der Waals surface area contributed by atoms with Gasteiger partial charge in [-0.1, -0.05) is 13.3 Å². The van der Waals surface area contributed by atoms with Crippen LogP contribution in [0, 0.1) is 5.92 Å². The van der Waals surface area contributed by atoms with E-state index in [4.69, 9.17) is 0 Å². The van der Waals surface area contributed by atoms with E-state index in [2.05, 4.69) is 32.9 Å². The molecule has 0 radical (unpaired) electrons. The highest BCUT2D eigenvalue weighted by atomic mass is 127. The summed E-state index contributed by atoms with van der Waals surface area (Å²) in [6, 6.07) is 0. The number of β-amino-alcohol motifs (C(OH)–C–C–N with tert-alkyl or cyclic N) is 1. The zero-order chi connectivity index (χ0) is 7.56. The molecule has 1 N–H and O–H groups in total. The first-order valence-corrected chi connectivity index (χ1v) is 4.79. The zero-order valence-corrected chi connectivity index (χ0v) is 8.41. The van der Waals surface area contributed by atoms with Gasteiger partial charge in [0.25, 0.3) is 0 Å². The Hall–Kier alpha value is 0.650. The minimum absolute atomic E-state index is 0.0874. The van der Waals surface area contributed by atoms with Crippen molar-refractivity contribution in [3.8, 4) is 0 Å². The van der Waals surface area contributed by atoms with Gasteiger partial charge in [0.15, 0.2) is 0 Å². The molecule has 0 aromatic rings. The summed E-state index contributed by atoms with van der Waals surface area (Å²) < 4.78 is 2.16. The summed E-state index contributed by atoms with van der Waals surface area (Å²) >= 11 is 2.27. The molecule has 1 aliphatic rings. The van der Waals surface area contributed by atoms with Gasteiger partial charge in [0, 0.05) is 36.0 Å². The lowest BCUT2D eigenvalue weighted by molar-refractivity contribution is 0.0589. The number of nitrogens with zero attached hydrogens (tertiary/aromatic N) is 1. The van der Waals surface area contributed by atoms with Gasteiger partial charge in [0.2, 0.25) is 0 Å². The maximum Gasteiger partial charge on any atom is 0.0703 e. The molecule has 2 nitrogen and oxygen atoms in total. The molecule has 1 heterocycles. The Kier molecular flexibility index (Phi) is 3.39. The van der Waals surface area contributed by atoms with E-state index in [0.29, 0.717) is 5.92 Å². The predicted molar refractivity (Wildman–Crippen MR) is 50.0 cm³/mol. The Balaban J connectivity index is 2.36. The van der Waals surface area contributed by atoms with Crippen molar-refractivity contribution in [2.45, 2.75) is 25.9 Å². The summed E-state index contributed by atoms with van der Waals surface area (Å²) in [5.74, 6) is 0.547. The van der Waals surface area contributed by atoms with Crippen LogP contribution < -0.4 is 0 Å². The quantitative estimate of drug-likeness (QED) is 0.566. The Morgan fingerprint density at radius 1 is 1.70 bits per heavy atom. The van der Waals surface area contributed by atoms with Crippen LogP contribution >= 0.6 is 22.9 Å². The van der Waals surface area contributed by atoms with E-state index >= 15 is 0 Å². The third-order valence-corrected chi connectivity index (χ3v) is 3.07. The highest BCUT2D eigenvalue weighted by Gasteiger charge is 2.24. The van der Waals surface area contributed by atoms with Crippen LogP contribution in [-0.2, 0) is 0 Å². The van der Waals surface area contributed by atoms with E-state index in [0.717, 1.165) is 25.9 Å². The molecule has 1 aliphatic heterocycles. The van der Waals surface area contributed by atoms with E-state index in [1.54, 1.807) is 0 Å². The number of aliphatic hydroxyl groups is 1. The van der Waals surface area contributed by atoms with E-state index in [-0.39, 0.29) is 6.10 Å². The smallest absolute Gasteiger partial charge is 0.0703 e. The third-order valence-electron chi connectivity index (χ3n) is 2.20. The highest BCUT2D eigenvalue weighted by Crippen LogP contribution is 2.22. The van der Waals surface area contributed by atoms with Crippen molar-refractivity contribution in [2.24, 2.45) is 5.92 Å². The molecule has 60 valence electrons. The SMILES string of the molecule is CCC1CCN(I)CC1O. The maximum absolute atomic E-state index is 9.49. The minimum Gasteiger partial charge on any atom is -0.391 e. The molecular weight excluding hydrogens is 241 g/mol. The van der Waals surface area contributed by atoms with Gasteiger partial charge < -0.3 is 5.11 Å². The average molecular weight is 255 g/mol. The first kappa shape index (κ1) is 8.74. The van der Waals surface area contributed by atoms with Crippen molar-refractivity contribution in [3.05, 3.63) is 0 Å². The standard InChI is InChI=1S/C7H14INO/c1-2-6-3-4-9(8)5-7(6)10/h6-7,10H,2-5H2,1H3. The molecule has 0 amide bonds. The first-order chi connectivity index (χ1) is 4.74. The molecular formula is C7H14INO. The summed E-state index contributed by atoms with van der Waals surface area (Å²) in [5, 5.41) is 9.49. The number of halogens is 1. The van der Waals surface area contributed by atoms with Gasteiger partial charge >= 0.3 is 0 Å². The number of rotatable bonds is 1. The second-order valence-electron chi connectivity index (χ2n) is 2.89. The van der Waals surface area contributed by atoms with E-state index in [1.165, 1.54) is 0 Å². The van der Waals surface area contributed by atoms with Crippen molar-refractivity contribution in [1.82, 2.24) is 3.11 Å². The molecule has 10 heavy (non-hydrogen) atoms. The lowest BCUT2D eigenvalue weighted by Gasteiger charge is -2.31. The molecule has 0 spiro atoms. The summed E-state index contributed by atoms with van der Waals surface area (Å²) in [7, 11) is 0. The molecule has 0 aromatic heterocycles.